The van der Waals surface area contributed by atoms with Crippen molar-refractivity contribution in [2.75, 3.05) is 26.5 Å². The molecule has 3 aromatic carbocycles. The molecule has 1 aliphatic rings. The fourth-order valence-corrected chi connectivity index (χ4v) is 4.75. The first-order valence-electron chi connectivity index (χ1n) is 11.5. The summed E-state index contributed by atoms with van der Waals surface area (Å²) < 4.78 is 26.0. The number of halogens is 1. The zero-order valence-corrected chi connectivity index (χ0v) is 20.8. The molecule has 0 radical (unpaired) electrons. The number of nitrogens with zero attached hydrogens (tertiary/aromatic N) is 1. The number of nitrogens with one attached hydrogen (secondary N) is 1. The minimum absolute atomic E-state index is 0.150. The SMILES string of the molecule is COc1cc(F)ccc1-c1ccc2c(c1COc1ccccc1CN(C)C)C(C)=CC(C)(C)N2. The lowest BCUT2D eigenvalue weighted by molar-refractivity contribution is 0.295. The molecule has 4 nitrogen and oxygen atoms in total. The van der Waals surface area contributed by atoms with Crippen LogP contribution in [0.2, 0.25) is 0 Å². The predicted molar refractivity (Wildman–Crippen MR) is 138 cm³/mol. The monoisotopic (exact) mass is 460 g/mol. The first kappa shape index (κ1) is 23.8. The maximum absolute atomic E-state index is 14.0. The van der Waals surface area contributed by atoms with Gasteiger partial charge in [0.2, 0.25) is 0 Å². The van der Waals surface area contributed by atoms with Crippen LogP contribution in [0.3, 0.4) is 0 Å². The summed E-state index contributed by atoms with van der Waals surface area (Å²) in [5.74, 6) is 1.03. The van der Waals surface area contributed by atoms with Crippen LogP contribution < -0.4 is 14.8 Å². The zero-order valence-electron chi connectivity index (χ0n) is 20.8. The van der Waals surface area contributed by atoms with E-state index in [0.29, 0.717) is 12.4 Å². The van der Waals surface area contributed by atoms with Gasteiger partial charge in [0.1, 0.15) is 23.9 Å². The van der Waals surface area contributed by atoms with Crippen LogP contribution in [0.5, 0.6) is 11.5 Å². The topological polar surface area (TPSA) is 33.7 Å². The molecular formula is C29H33FN2O2. The van der Waals surface area contributed by atoms with Crippen LogP contribution in [-0.2, 0) is 13.2 Å². The van der Waals surface area contributed by atoms with Crippen molar-refractivity contribution in [3.05, 3.63) is 83.2 Å². The minimum atomic E-state index is -0.325. The second kappa shape index (κ2) is 9.51. The third kappa shape index (κ3) is 4.95. The van der Waals surface area contributed by atoms with Crippen LogP contribution in [0.15, 0.2) is 60.7 Å². The van der Waals surface area contributed by atoms with Gasteiger partial charge in [-0.3, -0.25) is 0 Å². The van der Waals surface area contributed by atoms with E-state index in [0.717, 1.165) is 45.8 Å². The van der Waals surface area contributed by atoms with Crippen molar-refractivity contribution in [1.82, 2.24) is 4.90 Å². The molecule has 178 valence electrons. The molecule has 0 saturated heterocycles. The van der Waals surface area contributed by atoms with Gasteiger partial charge in [-0.25, -0.2) is 4.39 Å². The van der Waals surface area contributed by atoms with Crippen molar-refractivity contribution in [1.29, 1.82) is 0 Å². The molecule has 3 aromatic rings. The number of ether oxygens (including phenoxy) is 2. The van der Waals surface area contributed by atoms with Crippen molar-refractivity contribution in [2.45, 2.75) is 39.5 Å². The number of benzene rings is 3. The van der Waals surface area contributed by atoms with E-state index in [-0.39, 0.29) is 11.4 Å². The Balaban J connectivity index is 1.84. The van der Waals surface area contributed by atoms with Gasteiger partial charge in [-0.15, -0.1) is 0 Å². The molecule has 0 unspecified atom stereocenters. The summed E-state index contributed by atoms with van der Waals surface area (Å²) in [6, 6.07) is 17.0. The Bertz CT molecular complexity index is 1230. The Labute approximate surface area is 202 Å². The molecule has 1 heterocycles. The lowest BCUT2D eigenvalue weighted by Crippen LogP contribution is -2.32. The average molecular weight is 461 g/mol. The Morgan fingerprint density at radius 2 is 1.71 bits per heavy atom. The molecule has 0 saturated carbocycles. The lowest BCUT2D eigenvalue weighted by atomic mass is 9.85. The van der Waals surface area contributed by atoms with Gasteiger partial charge in [-0.05, 0) is 70.3 Å². The number of hydrogen-bond acceptors (Lipinski definition) is 4. The summed E-state index contributed by atoms with van der Waals surface area (Å²) in [6.07, 6.45) is 2.24. The minimum Gasteiger partial charge on any atom is -0.496 e. The number of hydrogen-bond donors (Lipinski definition) is 1. The van der Waals surface area contributed by atoms with Crippen molar-refractivity contribution in [3.8, 4) is 22.6 Å². The Morgan fingerprint density at radius 1 is 0.971 bits per heavy atom. The Morgan fingerprint density at radius 3 is 2.44 bits per heavy atom. The highest BCUT2D eigenvalue weighted by Gasteiger charge is 2.27. The van der Waals surface area contributed by atoms with E-state index in [2.05, 4.69) is 55.3 Å². The van der Waals surface area contributed by atoms with Gasteiger partial charge >= 0.3 is 0 Å². The molecule has 0 amide bonds. The zero-order chi connectivity index (χ0) is 24.5. The molecule has 5 heteroatoms. The molecule has 1 N–H and O–H groups in total. The smallest absolute Gasteiger partial charge is 0.129 e. The quantitative estimate of drug-likeness (QED) is 0.423. The van der Waals surface area contributed by atoms with Crippen molar-refractivity contribution < 1.29 is 13.9 Å². The van der Waals surface area contributed by atoms with Crippen molar-refractivity contribution in [2.24, 2.45) is 0 Å². The predicted octanol–water partition coefficient (Wildman–Crippen LogP) is 6.75. The number of allylic oxidation sites excluding steroid dienone is 1. The van der Waals surface area contributed by atoms with Crippen LogP contribution >= 0.6 is 0 Å². The van der Waals surface area contributed by atoms with E-state index >= 15 is 0 Å². The lowest BCUT2D eigenvalue weighted by Gasteiger charge is -2.33. The molecule has 0 atom stereocenters. The normalized spacial score (nSPS) is 14.3. The average Bonchev–Trinajstić information content (AvgIpc) is 2.77. The maximum atomic E-state index is 14.0. The van der Waals surface area contributed by atoms with E-state index < -0.39 is 0 Å². The summed E-state index contributed by atoms with van der Waals surface area (Å²) in [4.78, 5) is 2.13. The molecule has 0 fully saturated rings. The van der Waals surface area contributed by atoms with Crippen LogP contribution in [0.25, 0.3) is 16.7 Å². The number of fused-ring (bicyclic) bond motifs is 1. The summed E-state index contributed by atoms with van der Waals surface area (Å²) >= 11 is 0. The highest BCUT2D eigenvalue weighted by molar-refractivity contribution is 5.88. The van der Waals surface area contributed by atoms with Gasteiger partial charge in [0.05, 0.1) is 12.6 Å². The van der Waals surface area contributed by atoms with Crippen molar-refractivity contribution >= 4 is 11.3 Å². The van der Waals surface area contributed by atoms with Crippen LogP contribution in [-0.4, -0.2) is 31.6 Å². The van der Waals surface area contributed by atoms with Gasteiger partial charge in [-0.2, -0.15) is 0 Å². The van der Waals surface area contributed by atoms with E-state index in [1.807, 2.05) is 32.3 Å². The molecule has 0 bridgehead atoms. The van der Waals surface area contributed by atoms with Gasteiger partial charge in [-0.1, -0.05) is 30.3 Å². The van der Waals surface area contributed by atoms with E-state index in [1.165, 1.54) is 17.7 Å². The largest absolute Gasteiger partial charge is 0.496 e. The highest BCUT2D eigenvalue weighted by atomic mass is 19.1. The first-order valence-corrected chi connectivity index (χ1v) is 11.5. The Hall–Kier alpha value is -3.31. The van der Waals surface area contributed by atoms with Crippen molar-refractivity contribution in [3.63, 3.8) is 0 Å². The van der Waals surface area contributed by atoms with Gasteiger partial charge in [0, 0.05) is 40.6 Å². The molecular weight excluding hydrogens is 427 g/mol. The second-order valence-corrected chi connectivity index (χ2v) is 9.67. The number of anilines is 1. The van der Waals surface area contributed by atoms with E-state index in [4.69, 9.17) is 9.47 Å². The van der Waals surface area contributed by atoms with E-state index in [9.17, 15) is 4.39 Å². The fraction of sp³-hybridized carbons (Fsp3) is 0.310. The maximum Gasteiger partial charge on any atom is 0.129 e. The first-order chi connectivity index (χ1) is 16.2. The molecule has 0 aromatic heterocycles. The Kier molecular flexibility index (Phi) is 6.67. The van der Waals surface area contributed by atoms with Crippen LogP contribution in [0.1, 0.15) is 37.5 Å². The van der Waals surface area contributed by atoms with E-state index in [1.54, 1.807) is 13.2 Å². The van der Waals surface area contributed by atoms with Gasteiger partial charge in [0.15, 0.2) is 0 Å². The van der Waals surface area contributed by atoms with Crippen LogP contribution in [0.4, 0.5) is 10.1 Å². The highest BCUT2D eigenvalue weighted by Crippen LogP contribution is 2.43. The molecule has 4 rings (SSSR count). The summed E-state index contributed by atoms with van der Waals surface area (Å²) in [5, 5.41) is 3.63. The third-order valence-corrected chi connectivity index (χ3v) is 6.03. The summed E-state index contributed by atoms with van der Waals surface area (Å²) in [6.45, 7) is 7.61. The molecule has 34 heavy (non-hydrogen) atoms. The standard InChI is InChI=1S/C29H33FN2O2/c1-19-16-29(2,3)31-25-14-13-22(23-12-11-21(30)15-27(23)33-6)24(28(19)25)18-34-26-10-8-7-9-20(26)17-32(4)5/h7-16,31H,17-18H2,1-6H3. The van der Waals surface area contributed by atoms with Gasteiger partial charge < -0.3 is 19.7 Å². The summed E-state index contributed by atoms with van der Waals surface area (Å²) in [7, 11) is 5.66. The number of para-hydroxylation sites is 1. The fourth-order valence-electron chi connectivity index (χ4n) is 4.75. The van der Waals surface area contributed by atoms with Crippen LogP contribution in [0, 0.1) is 5.82 Å². The molecule has 0 spiro atoms. The third-order valence-electron chi connectivity index (χ3n) is 6.03. The number of methoxy groups -OCH3 is 1. The molecule has 1 aliphatic heterocycles. The number of rotatable bonds is 7. The second-order valence-electron chi connectivity index (χ2n) is 9.67. The summed E-state index contributed by atoms with van der Waals surface area (Å²) in [5.41, 5.74) is 7.19. The molecule has 0 aliphatic carbocycles. The van der Waals surface area contributed by atoms with Gasteiger partial charge in [0.25, 0.3) is 0 Å².